The van der Waals surface area contributed by atoms with Gasteiger partial charge in [-0.1, -0.05) is 0 Å². The molecule has 0 aromatic carbocycles. The number of nitrogens with one attached hydrogen (secondary N) is 1. The summed E-state index contributed by atoms with van der Waals surface area (Å²) in [5.74, 6) is 2.52. The third kappa shape index (κ3) is 4.01. The van der Waals surface area contributed by atoms with Crippen molar-refractivity contribution in [2.24, 2.45) is 11.8 Å². The van der Waals surface area contributed by atoms with E-state index < -0.39 is 0 Å². The zero-order valence-electron chi connectivity index (χ0n) is 19.8. The van der Waals surface area contributed by atoms with Gasteiger partial charge in [-0.2, -0.15) is 4.98 Å². The normalized spacial score (nSPS) is 22.6. The molecule has 0 unspecified atom stereocenters. The number of likely N-dealkylation sites (tertiary alicyclic amines) is 1. The summed E-state index contributed by atoms with van der Waals surface area (Å²) in [5, 5.41) is 6.35. The summed E-state index contributed by atoms with van der Waals surface area (Å²) in [6, 6.07) is 2.46. The van der Waals surface area contributed by atoms with Crippen LogP contribution in [0.2, 0.25) is 0 Å². The van der Waals surface area contributed by atoms with E-state index in [2.05, 4.69) is 69.8 Å². The third-order valence-electron chi connectivity index (χ3n) is 6.98. The molecule has 1 N–H and O–H groups in total. The van der Waals surface area contributed by atoms with E-state index in [9.17, 15) is 4.79 Å². The molecule has 2 aliphatic rings. The molecule has 4 heterocycles. The van der Waals surface area contributed by atoms with Crippen molar-refractivity contribution in [3.8, 4) is 5.88 Å². The Hall–Kier alpha value is -2.88. The van der Waals surface area contributed by atoms with Crippen LogP contribution in [-0.4, -0.2) is 63.7 Å². The van der Waals surface area contributed by atoms with Crippen LogP contribution in [0.25, 0.3) is 11.0 Å². The molecule has 0 radical (unpaired) electrons. The van der Waals surface area contributed by atoms with Gasteiger partial charge in [0.05, 0.1) is 17.9 Å². The fourth-order valence-electron chi connectivity index (χ4n) is 5.26. The fourth-order valence-corrected chi connectivity index (χ4v) is 5.91. The Morgan fingerprint density at radius 1 is 1.24 bits per heavy atom. The molecule has 2 amide bonds. The number of hydrogen-bond donors (Lipinski definition) is 1. The van der Waals surface area contributed by atoms with Crippen LogP contribution < -0.4 is 15.0 Å². The predicted octanol–water partition coefficient (Wildman–Crippen LogP) is 4.03. The van der Waals surface area contributed by atoms with Crippen LogP contribution in [-0.2, 0) is 5.54 Å². The van der Waals surface area contributed by atoms with Crippen molar-refractivity contribution in [3.05, 3.63) is 24.0 Å². The zero-order valence-corrected chi connectivity index (χ0v) is 20.6. The second kappa shape index (κ2) is 8.16. The number of urea groups is 1. The minimum Gasteiger partial charge on any atom is -0.480 e. The van der Waals surface area contributed by atoms with Gasteiger partial charge in [0.2, 0.25) is 5.88 Å². The van der Waals surface area contributed by atoms with Gasteiger partial charge < -0.3 is 19.1 Å². The van der Waals surface area contributed by atoms with Gasteiger partial charge in [-0.15, -0.1) is 11.3 Å². The van der Waals surface area contributed by atoms with Crippen LogP contribution in [0.15, 0.2) is 24.0 Å². The molecule has 5 rings (SSSR count). The van der Waals surface area contributed by atoms with Crippen LogP contribution >= 0.6 is 11.3 Å². The highest BCUT2D eigenvalue weighted by atomic mass is 32.1. The number of amides is 2. The van der Waals surface area contributed by atoms with E-state index in [0.29, 0.717) is 28.9 Å². The molecule has 3 aromatic heterocycles. The van der Waals surface area contributed by atoms with Crippen molar-refractivity contribution >= 4 is 39.4 Å². The Bertz CT molecular complexity index is 1150. The van der Waals surface area contributed by atoms with Gasteiger partial charge >= 0.3 is 6.03 Å². The molecule has 1 saturated heterocycles. The first-order chi connectivity index (χ1) is 15.7. The summed E-state index contributed by atoms with van der Waals surface area (Å²) < 4.78 is 7.30. The molecule has 0 bridgehead atoms. The third-order valence-corrected chi connectivity index (χ3v) is 7.72. The van der Waals surface area contributed by atoms with Gasteiger partial charge in [0, 0.05) is 37.9 Å². The molecular formula is C23H31N7O2S. The summed E-state index contributed by atoms with van der Waals surface area (Å²) in [5.41, 5.74) is 0.934. The second-order valence-electron chi connectivity index (χ2n) is 10.1. The van der Waals surface area contributed by atoms with Crippen molar-refractivity contribution in [1.29, 1.82) is 0 Å². The van der Waals surface area contributed by atoms with Gasteiger partial charge in [-0.3, -0.25) is 5.32 Å². The highest BCUT2D eigenvalue weighted by molar-refractivity contribution is 7.14. The van der Waals surface area contributed by atoms with Crippen LogP contribution in [0.5, 0.6) is 5.88 Å². The molecule has 176 valence electrons. The Balaban J connectivity index is 1.25. The quantitative estimate of drug-likeness (QED) is 0.621. The number of anilines is 2. The van der Waals surface area contributed by atoms with Crippen molar-refractivity contribution in [2.75, 3.05) is 37.5 Å². The van der Waals surface area contributed by atoms with Gasteiger partial charge in [-0.25, -0.2) is 14.8 Å². The average molecular weight is 470 g/mol. The van der Waals surface area contributed by atoms with Crippen LogP contribution in [0.1, 0.15) is 33.6 Å². The summed E-state index contributed by atoms with van der Waals surface area (Å²) in [4.78, 5) is 30.4. The first-order valence-electron chi connectivity index (χ1n) is 11.4. The highest BCUT2D eigenvalue weighted by Crippen LogP contribution is 2.42. The van der Waals surface area contributed by atoms with Gasteiger partial charge in [0.25, 0.3) is 0 Å². The Morgan fingerprint density at radius 3 is 2.61 bits per heavy atom. The van der Waals surface area contributed by atoms with E-state index >= 15 is 0 Å². The molecule has 33 heavy (non-hydrogen) atoms. The maximum atomic E-state index is 12.7. The van der Waals surface area contributed by atoms with E-state index in [4.69, 9.17) is 4.74 Å². The lowest BCUT2D eigenvalue weighted by Gasteiger charge is -2.28. The first kappa shape index (κ1) is 21.9. The average Bonchev–Trinajstić information content (AvgIpc) is 3.53. The lowest BCUT2D eigenvalue weighted by molar-refractivity contribution is 0.218. The first-order valence-corrected chi connectivity index (χ1v) is 12.2. The van der Waals surface area contributed by atoms with Crippen molar-refractivity contribution in [2.45, 2.75) is 45.2 Å². The lowest BCUT2D eigenvalue weighted by Crippen LogP contribution is -2.36. The van der Waals surface area contributed by atoms with Gasteiger partial charge in [0.1, 0.15) is 17.8 Å². The summed E-state index contributed by atoms with van der Waals surface area (Å²) >= 11 is 1.37. The molecule has 1 saturated carbocycles. The number of aromatic nitrogens is 4. The largest absolute Gasteiger partial charge is 0.480 e. The molecule has 9 nitrogen and oxygen atoms in total. The van der Waals surface area contributed by atoms with Gasteiger partial charge in [-0.05, 0) is 51.5 Å². The maximum absolute atomic E-state index is 12.7. The number of methoxy groups -OCH3 is 1. The fraction of sp³-hybridized carbons (Fsp3) is 0.565. The number of carbonyl (C=O) groups excluding carboxylic acids is 1. The smallest absolute Gasteiger partial charge is 0.323 e. The molecule has 1 aliphatic carbocycles. The number of carbonyl (C=O) groups is 1. The topological polar surface area (TPSA) is 88.4 Å². The van der Waals surface area contributed by atoms with Crippen LogP contribution in [0.4, 0.5) is 15.7 Å². The number of fused-ring (bicyclic) bond motifs is 2. The van der Waals surface area contributed by atoms with Crippen molar-refractivity contribution in [1.82, 2.24) is 24.4 Å². The summed E-state index contributed by atoms with van der Waals surface area (Å²) in [6.07, 6.45) is 5.89. The summed E-state index contributed by atoms with van der Waals surface area (Å²) in [7, 11) is 3.71. The van der Waals surface area contributed by atoms with Crippen molar-refractivity contribution < 1.29 is 9.53 Å². The Kier molecular flexibility index (Phi) is 5.43. The number of ether oxygens (including phenoxy) is 1. The predicted molar refractivity (Wildman–Crippen MR) is 130 cm³/mol. The van der Waals surface area contributed by atoms with Crippen LogP contribution in [0, 0.1) is 11.8 Å². The monoisotopic (exact) mass is 469 g/mol. The van der Waals surface area contributed by atoms with E-state index in [0.717, 1.165) is 42.8 Å². The molecule has 0 spiro atoms. The SMILES string of the molecule is COc1csc(NC(=O)N2C[C@H]3C[C@H](N(C)c4ncnc5c4ccn5C(C)(C)C)C[C@H]3C2)n1. The zero-order chi connectivity index (χ0) is 23.3. The molecule has 1 aliphatic heterocycles. The Labute approximate surface area is 197 Å². The minimum atomic E-state index is -0.0765. The standard InChI is InChI=1S/C23H31N7O2S/c1-23(2,3)30-7-6-17-19(24-13-25-20(17)30)28(4)16-8-14-10-29(11-15(14)9-16)22(31)27-21-26-18(32-5)12-33-21/h6-7,12-16H,8-11H2,1-5H3,(H,26,27,31)/t14-,15+,16+. The molecular weight excluding hydrogens is 438 g/mol. The highest BCUT2D eigenvalue weighted by Gasteiger charge is 2.44. The van der Waals surface area contributed by atoms with Crippen LogP contribution in [0.3, 0.4) is 0 Å². The van der Waals surface area contributed by atoms with E-state index in [1.54, 1.807) is 18.8 Å². The van der Waals surface area contributed by atoms with E-state index in [1.165, 1.54) is 11.3 Å². The minimum absolute atomic E-state index is 0.0376. The van der Waals surface area contributed by atoms with E-state index in [1.807, 2.05) is 4.90 Å². The number of hydrogen-bond acceptors (Lipinski definition) is 7. The molecule has 3 aromatic rings. The Morgan fingerprint density at radius 2 is 1.97 bits per heavy atom. The number of thiazole rings is 1. The molecule has 2 fully saturated rings. The molecule has 10 heteroatoms. The lowest BCUT2D eigenvalue weighted by atomic mass is 10.0. The molecule has 3 atom stereocenters. The number of nitrogens with zero attached hydrogens (tertiary/aromatic N) is 6. The van der Waals surface area contributed by atoms with Gasteiger partial charge in [0.15, 0.2) is 5.13 Å². The van der Waals surface area contributed by atoms with E-state index in [-0.39, 0.29) is 11.6 Å². The van der Waals surface area contributed by atoms with Crippen molar-refractivity contribution in [3.63, 3.8) is 0 Å². The number of rotatable bonds is 4. The summed E-state index contributed by atoms with van der Waals surface area (Å²) in [6.45, 7) is 8.11. The maximum Gasteiger partial charge on any atom is 0.323 e. The second-order valence-corrected chi connectivity index (χ2v) is 10.9.